The van der Waals surface area contributed by atoms with Crippen LogP contribution in [0, 0.1) is 23.3 Å². The molecule has 2 aromatic heterocycles. The molecular weight excluding hydrogens is 420 g/mol. The maximum atomic E-state index is 11.9. The number of nitrogens with zero attached hydrogens (tertiary/aromatic N) is 2. The number of ether oxygens (including phenoxy) is 3. The number of hydrogen-bond donors (Lipinski definition) is 0. The Morgan fingerprint density at radius 3 is 2.38 bits per heavy atom. The molecule has 0 aromatic carbocycles. The van der Waals surface area contributed by atoms with Gasteiger partial charge in [-0.05, 0) is 49.5 Å². The van der Waals surface area contributed by atoms with Crippen molar-refractivity contribution in [1.29, 1.82) is 0 Å². The van der Waals surface area contributed by atoms with Gasteiger partial charge in [0.05, 0.1) is 24.6 Å². The van der Waals surface area contributed by atoms with Crippen molar-refractivity contribution in [2.45, 2.75) is 51.8 Å². The van der Waals surface area contributed by atoms with Crippen LogP contribution in [0.5, 0.6) is 0 Å². The van der Waals surface area contributed by atoms with Gasteiger partial charge in [0.2, 0.25) is 11.9 Å². The fraction of sp³-hybridized carbons (Fsp3) is 0.400. The molecule has 166 valence electrons. The van der Waals surface area contributed by atoms with Gasteiger partial charge in [0, 0.05) is 6.92 Å². The Morgan fingerprint density at radius 2 is 1.72 bits per heavy atom. The molecule has 3 heterocycles. The number of esters is 1. The Morgan fingerprint density at radius 1 is 1.06 bits per heavy atom. The third kappa shape index (κ3) is 6.76. The summed E-state index contributed by atoms with van der Waals surface area (Å²) in [4.78, 5) is 21.0. The van der Waals surface area contributed by atoms with Crippen molar-refractivity contribution in [3.8, 4) is 23.3 Å². The summed E-state index contributed by atoms with van der Waals surface area (Å²) in [6, 6.07) is 10.9. The summed E-state index contributed by atoms with van der Waals surface area (Å²) in [5.41, 5.74) is 4.37. The van der Waals surface area contributed by atoms with Crippen molar-refractivity contribution in [2.24, 2.45) is 0 Å². The lowest BCUT2D eigenvalue weighted by Crippen LogP contribution is -2.28. The highest BCUT2D eigenvalue weighted by Crippen LogP contribution is 2.24. The molecule has 0 aliphatic carbocycles. The zero-order valence-electron chi connectivity index (χ0n) is 19.2. The second-order valence-corrected chi connectivity index (χ2v) is 13.4. The lowest BCUT2D eigenvalue weighted by atomic mass is 10.0. The van der Waals surface area contributed by atoms with Crippen LogP contribution in [0.1, 0.15) is 49.3 Å². The molecule has 1 unspecified atom stereocenters. The highest BCUT2D eigenvalue weighted by molar-refractivity contribution is 6.83. The van der Waals surface area contributed by atoms with Crippen molar-refractivity contribution in [3.05, 3.63) is 59.2 Å². The second kappa shape index (κ2) is 10.1. The predicted octanol–water partition coefficient (Wildman–Crippen LogP) is 3.97. The van der Waals surface area contributed by atoms with Crippen LogP contribution in [0.15, 0.2) is 36.4 Å². The van der Waals surface area contributed by atoms with Gasteiger partial charge in [0.1, 0.15) is 19.5 Å². The minimum absolute atomic E-state index is 0.451. The lowest BCUT2D eigenvalue weighted by molar-refractivity contribution is -0.185. The van der Waals surface area contributed by atoms with Crippen LogP contribution in [0.4, 0.5) is 0 Å². The maximum Gasteiger partial charge on any atom is 0.304 e. The smallest absolute Gasteiger partial charge is 0.304 e. The number of rotatable bonds is 3. The first kappa shape index (κ1) is 23.7. The van der Waals surface area contributed by atoms with Crippen LogP contribution in [0.25, 0.3) is 0 Å². The largest absolute Gasteiger partial charge is 0.440 e. The molecule has 3 rings (SSSR count). The molecule has 1 aliphatic heterocycles. The fourth-order valence-electron chi connectivity index (χ4n) is 2.95. The van der Waals surface area contributed by atoms with Crippen LogP contribution in [-0.4, -0.2) is 37.2 Å². The van der Waals surface area contributed by atoms with Crippen molar-refractivity contribution in [2.75, 3.05) is 13.2 Å². The topological polar surface area (TPSA) is 70.5 Å². The molecule has 1 saturated heterocycles. The summed E-state index contributed by atoms with van der Waals surface area (Å²) < 4.78 is 16.8. The van der Waals surface area contributed by atoms with E-state index in [4.69, 9.17) is 14.2 Å². The van der Waals surface area contributed by atoms with Gasteiger partial charge >= 0.3 is 5.97 Å². The molecule has 0 spiro atoms. The highest BCUT2D eigenvalue weighted by Gasteiger charge is 2.30. The van der Waals surface area contributed by atoms with E-state index < -0.39 is 25.9 Å². The first-order chi connectivity index (χ1) is 15.1. The normalized spacial score (nSPS) is 16.0. The molecule has 1 fully saturated rings. The third-order valence-corrected chi connectivity index (χ3v) is 5.29. The number of carbonyl (C=O) groups is 1. The van der Waals surface area contributed by atoms with Gasteiger partial charge < -0.3 is 14.2 Å². The Kier molecular flexibility index (Phi) is 7.47. The van der Waals surface area contributed by atoms with E-state index in [9.17, 15) is 4.79 Å². The molecule has 0 N–H and O–H groups in total. The van der Waals surface area contributed by atoms with Crippen LogP contribution in [0.2, 0.25) is 19.6 Å². The first-order valence-electron chi connectivity index (χ1n) is 10.6. The molecule has 0 radical (unpaired) electrons. The van der Waals surface area contributed by atoms with Gasteiger partial charge in [-0.3, -0.25) is 4.79 Å². The number of hydrogen-bond acceptors (Lipinski definition) is 6. The molecule has 2 aromatic rings. The number of aromatic nitrogens is 2. The predicted molar refractivity (Wildman–Crippen MR) is 124 cm³/mol. The van der Waals surface area contributed by atoms with E-state index in [1.54, 1.807) is 19.1 Å². The number of carbonyl (C=O) groups excluding carboxylic acids is 1. The number of pyridine rings is 2. The van der Waals surface area contributed by atoms with E-state index in [0.717, 1.165) is 6.42 Å². The highest BCUT2D eigenvalue weighted by atomic mass is 28.3. The average Bonchev–Trinajstić information content (AvgIpc) is 2.76. The molecule has 0 bridgehead atoms. The second-order valence-electron chi connectivity index (χ2n) is 8.66. The molecule has 7 heteroatoms. The standard InChI is InChI=1S/C25H28N2O4Si/c1-19(28)31-25(2,23-12-7-10-21(27-23)14-18-32(3,4)5)15-13-20-9-6-11-22(26-20)24-29-16-8-17-30-24/h6-7,9-12,24H,8,16-17H2,1-5H3. The molecular formula is C25H28N2O4Si. The quantitative estimate of drug-likeness (QED) is 0.402. The SMILES string of the molecule is CC(=O)OC(C)(C#Cc1cccc(C2OCCCO2)n1)c1cccc(C#C[Si](C)(C)C)n1. The van der Waals surface area contributed by atoms with E-state index in [1.165, 1.54) is 6.92 Å². The van der Waals surface area contributed by atoms with Gasteiger partial charge in [0.25, 0.3) is 0 Å². The molecule has 0 saturated carbocycles. The minimum atomic E-state index is -1.55. The van der Waals surface area contributed by atoms with Crippen LogP contribution >= 0.6 is 0 Å². The van der Waals surface area contributed by atoms with Gasteiger partial charge in [-0.2, -0.15) is 0 Å². The van der Waals surface area contributed by atoms with Crippen molar-refractivity contribution >= 4 is 14.0 Å². The van der Waals surface area contributed by atoms with E-state index in [2.05, 4.69) is 52.9 Å². The monoisotopic (exact) mass is 448 g/mol. The summed E-state index contributed by atoms with van der Waals surface area (Å²) in [6.45, 7) is 10.8. The average molecular weight is 449 g/mol. The fourth-order valence-corrected chi connectivity index (χ4v) is 3.45. The minimum Gasteiger partial charge on any atom is -0.440 e. The Hall–Kier alpha value is -2.97. The third-order valence-electron chi connectivity index (χ3n) is 4.42. The van der Waals surface area contributed by atoms with Crippen LogP contribution < -0.4 is 0 Å². The lowest BCUT2D eigenvalue weighted by Gasteiger charge is -2.23. The van der Waals surface area contributed by atoms with Crippen molar-refractivity contribution in [3.63, 3.8) is 0 Å². The van der Waals surface area contributed by atoms with Crippen LogP contribution in [-0.2, 0) is 24.6 Å². The van der Waals surface area contributed by atoms with Gasteiger partial charge in [-0.15, -0.1) is 5.54 Å². The summed E-state index contributed by atoms with van der Waals surface area (Å²) in [7, 11) is -1.55. The van der Waals surface area contributed by atoms with E-state index >= 15 is 0 Å². The van der Waals surface area contributed by atoms with Crippen molar-refractivity contribution in [1.82, 2.24) is 9.97 Å². The summed E-state index contributed by atoms with van der Waals surface area (Å²) in [5.74, 6) is 8.77. The van der Waals surface area contributed by atoms with E-state index in [0.29, 0.717) is 36.0 Å². The van der Waals surface area contributed by atoms with E-state index in [-0.39, 0.29) is 0 Å². The molecule has 1 aliphatic rings. The first-order valence-corrected chi connectivity index (χ1v) is 14.1. The zero-order chi connectivity index (χ0) is 23.2. The molecule has 0 amide bonds. The Balaban J connectivity index is 1.93. The molecule has 1 atom stereocenters. The molecule has 6 nitrogen and oxygen atoms in total. The van der Waals surface area contributed by atoms with Gasteiger partial charge in [-0.25, -0.2) is 9.97 Å². The zero-order valence-corrected chi connectivity index (χ0v) is 20.2. The summed E-state index contributed by atoms with van der Waals surface area (Å²) in [5, 5.41) is 0. The Labute approximate surface area is 190 Å². The summed E-state index contributed by atoms with van der Waals surface area (Å²) in [6.07, 6.45) is 0.374. The Bertz CT molecular complexity index is 1100. The van der Waals surface area contributed by atoms with Crippen molar-refractivity contribution < 1.29 is 19.0 Å². The van der Waals surface area contributed by atoms with Crippen LogP contribution in [0.3, 0.4) is 0 Å². The van der Waals surface area contributed by atoms with Gasteiger partial charge in [-0.1, -0.05) is 37.7 Å². The maximum absolute atomic E-state index is 11.9. The van der Waals surface area contributed by atoms with E-state index in [1.807, 2.05) is 24.3 Å². The molecule has 32 heavy (non-hydrogen) atoms. The summed E-state index contributed by atoms with van der Waals surface area (Å²) >= 11 is 0. The van der Waals surface area contributed by atoms with Gasteiger partial charge in [0.15, 0.2) is 0 Å².